The van der Waals surface area contributed by atoms with Gasteiger partial charge in [-0.1, -0.05) is 30.9 Å². The number of benzene rings is 2. The average molecular weight is 341 g/mol. The smallest absolute Gasteiger partial charge is 0.161 e. The summed E-state index contributed by atoms with van der Waals surface area (Å²) in [6.07, 6.45) is 3.99. The Hall–Kier alpha value is -2.33. The molecule has 1 fully saturated rings. The fourth-order valence-electron chi connectivity index (χ4n) is 3.06. The standard InChI is InChI=1S/C21H24FNO2/c1-3-12-25-19-9-4-16(13-20(19)24-2)14-23-15-21(10-11-21)17-5-7-18(22)8-6-17/h3-9,13,23H,1,10-12,14-15H2,2H3. The highest BCUT2D eigenvalue weighted by Crippen LogP contribution is 2.47. The summed E-state index contributed by atoms with van der Waals surface area (Å²) in [4.78, 5) is 0. The maximum atomic E-state index is 13.1. The highest BCUT2D eigenvalue weighted by Gasteiger charge is 2.43. The molecule has 0 spiro atoms. The van der Waals surface area contributed by atoms with E-state index in [2.05, 4.69) is 11.9 Å². The van der Waals surface area contributed by atoms with Crippen molar-refractivity contribution in [3.05, 3.63) is 72.1 Å². The van der Waals surface area contributed by atoms with E-state index in [4.69, 9.17) is 9.47 Å². The molecule has 2 aromatic carbocycles. The summed E-state index contributed by atoms with van der Waals surface area (Å²) in [7, 11) is 1.64. The summed E-state index contributed by atoms with van der Waals surface area (Å²) in [6, 6.07) is 12.8. The molecule has 0 heterocycles. The normalized spacial score (nSPS) is 14.8. The summed E-state index contributed by atoms with van der Waals surface area (Å²) >= 11 is 0. The molecule has 0 radical (unpaired) electrons. The first-order valence-corrected chi connectivity index (χ1v) is 8.54. The second-order valence-corrected chi connectivity index (χ2v) is 6.48. The number of ether oxygens (including phenoxy) is 2. The van der Waals surface area contributed by atoms with Crippen LogP contribution in [0.1, 0.15) is 24.0 Å². The topological polar surface area (TPSA) is 30.5 Å². The van der Waals surface area contributed by atoms with Crippen LogP contribution < -0.4 is 14.8 Å². The van der Waals surface area contributed by atoms with E-state index in [1.54, 1.807) is 25.3 Å². The van der Waals surface area contributed by atoms with Crippen LogP contribution in [0.15, 0.2) is 55.1 Å². The molecular weight excluding hydrogens is 317 g/mol. The van der Waals surface area contributed by atoms with E-state index in [1.807, 2.05) is 30.3 Å². The van der Waals surface area contributed by atoms with Crippen LogP contribution in [0.5, 0.6) is 11.5 Å². The Morgan fingerprint density at radius 3 is 2.56 bits per heavy atom. The lowest BCUT2D eigenvalue weighted by Gasteiger charge is -2.17. The number of rotatable bonds is 9. The molecule has 0 atom stereocenters. The maximum Gasteiger partial charge on any atom is 0.161 e. The highest BCUT2D eigenvalue weighted by atomic mass is 19.1. The van der Waals surface area contributed by atoms with Crippen LogP contribution in [0.2, 0.25) is 0 Å². The molecule has 1 aliphatic rings. The molecule has 132 valence electrons. The van der Waals surface area contributed by atoms with Gasteiger partial charge < -0.3 is 14.8 Å². The van der Waals surface area contributed by atoms with E-state index in [1.165, 1.54) is 5.56 Å². The minimum atomic E-state index is -0.182. The first kappa shape index (κ1) is 17.5. The lowest BCUT2D eigenvalue weighted by atomic mass is 9.96. The van der Waals surface area contributed by atoms with Gasteiger partial charge in [0, 0.05) is 18.5 Å². The summed E-state index contributed by atoms with van der Waals surface area (Å²) in [5, 5.41) is 3.53. The minimum absolute atomic E-state index is 0.158. The predicted octanol–water partition coefficient (Wildman–Crippen LogP) is 4.22. The van der Waals surface area contributed by atoms with Gasteiger partial charge >= 0.3 is 0 Å². The van der Waals surface area contributed by atoms with E-state index in [0.29, 0.717) is 6.61 Å². The van der Waals surface area contributed by atoms with Crippen LogP contribution >= 0.6 is 0 Å². The number of halogens is 1. The fraction of sp³-hybridized carbons (Fsp3) is 0.333. The molecule has 0 bridgehead atoms. The largest absolute Gasteiger partial charge is 0.493 e. The van der Waals surface area contributed by atoms with Crippen LogP contribution in [0.25, 0.3) is 0 Å². The molecular formula is C21H24FNO2. The number of nitrogens with one attached hydrogen (secondary N) is 1. The Labute approximate surface area is 148 Å². The summed E-state index contributed by atoms with van der Waals surface area (Å²) in [5.41, 5.74) is 2.51. The Bertz CT molecular complexity index is 723. The average Bonchev–Trinajstić information content (AvgIpc) is 3.42. The molecule has 0 amide bonds. The quantitative estimate of drug-likeness (QED) is 0.693. The monoisotopic (exact) mass is 341 g/mol. The van der Waals surface area contributed by atoms with Gasteiger partial charge in [-0.3, -0.25) is 0 Å². The van der Waals surface area contributed by atoms with Gasteiger partial charge in [-0.2, -0.15) is 0 Å². The van der Waals surface area contributed by atoms with Crippen molar-refractivity contribution in [1.82, 2.24) is 5.32 Å². The van der Waals surface area contributed by atoms with Crippen molar-refractivity contribution >= 4 is 0 Å². The summed E-state index contributed by atoms with van der Waals surface area (Å²) < 4.78 is 24.1. The van der Waals surface area contributed by atoms with E-state index in [-0.39, 0.29) is 11.2 Å². The Balaban J connectivity index is 1.58. The molecule has 25 heavy (non-hydrogen) atoms. The molecule has 1 aliphatic carbocycles. The van der Waals surface area contributed by atoms with Crippen molar-refractivity contribution in [2.45, 2.75) is 24.8 Å². The van der Waals surface area contributed by atoms with Crippen molar-refractivity contribution in [3.8, 4) is 11.5 Å². The van der Waals surface area contributed by atoms with Crippen LogP contribution in [0.3, 0.4) is 0 Å². The number of hydrogen-bond acceptors (Lipinski definition) is 3. The van der Waals surface area contributed by atoms with Gasteiger partial charge in [0.2, 0.25) is 0 Å². The molecule has 4 heteroatoms. The summed E-state index contributed by atoms with van der Waals surface area (Å²) in [5.74, 6) is 1.26. The second kappa shape index (κ2) is 7.70. The third-order valence-electron chi connectivity index (χ3n) is 4.69. The lowest BCUT2D eigenvalue weighted by molar-refractivity contribution is 0.326. The molecule has 1 saturated carbocycles. The third kappa shape index (κ3) is 4.20. The molecule has 2 aromatic rings. The van der Waals surface area contributed by atoms with E-state index in [9.17, 15) is 4.39 Å². The van der Waals surface area contributed by atoms with Crippen molar-refractivity contribution in [2.75, 3.05) is 20.3 Å². The Morgan fingerprint density at radius 2 is 1.92 bits per heavy atom. The molecule has 1 N–H and O–H groups in total. The van der Waals surface area contributed by atoms with Crippen molar-refractivity contribution < 1.29 is 13.9 Å². The first-order chi connectivity index (χ1) is 12.2. The van der Waals surface area contributed by atoms with Gasteiger partial charge in [0.05, 0.1) is 7.11 Å². The zero-order valence-corrected chi connectivity index (χ0v) is 14.6. The molecule has 3 nitrogen and oxygen atoms in total. The molecule has 0 saturated heterocycles. The second-order valence-electron chi connectivity index (χ2n) is 6.48. The van der Waals surface area contributed by atoms with Crippen LogP contribution in [0.4, 0.5) is 4.39 Å². The maximum absolute atomic E-state index is 13.1. The minimum Gasteiger partial charge on any atom is -0.493 e. The van der Waals surface area contributed by atoms with Gasteiger partial charge in [0.25, 0.3) is 0 Å². The van der Waals surface area contributed by atoms with Crippen LogP contribution in [-0.4, -0.2) is 20.3 Å². The Kier molecular flexibility index (Phi) is 5.39. The molecule has 0 aromatic heterocycles. The third-order valence-corrected chi connectivity index (χ3v) is 4.69. The summed E-state index contributed by atoms with van der Waals surface area (Å²) in [6.45, 7) is 5.74. The highest BCUT2D eigenvalue weighted by molar-refractivity contribution is 5.43. The molecule has 0 aliphatic heterocycles. The zero-order chi connectivity index (χ0) is 17.7. The zero-order valence-electron chi connectivity index (χ0n) is 14.6. The number of hydrogen-bond donors (Lipinski definition) is 1. The van der Waals surface area contributed by atoms with Crippen molar-refractivity contribution in [1.29, 1.82) is 0 Å². The van der Waals surface area contributed by atoms with Gasteiger partial charge in [0.1, 0.15) is 12.4 Å². The van der Waals surface area contributed by atoms with Gasteiger partial charge in [0.15, 0.2) is 11.5 Å². The van der Waals surface area contributed by atoms with Crippen LogP contribution in [0, 0.1) is 5.82 Å². The first-order valence-electron chi connectivity index (χ1n) is 8.54. The molecule has 0 unspecified atom stereocenters. The fourth-order valence-corrected chi connectivity index (χ4v) is 3.06. The van der Waals surface area contributed by atoms with Gasteiger partial charge in [-0.15, -0.1) is 0 Å². The van der Waals surface area contributed by atoms with Gasteiger partial charge in [-0.25, -0.2) is 4.39 Å². The SMILES string of the molecule is C=CCOc1ccc(CNCC2(c3ccc(F)cc3)CC2)cc1OC. The van der Waals surface area contributed by atoms with Crippen molar-refractivity contribution in [2.24, 2.45) is 0 Å². The van der Waals surface area contributed by atoms with E-state index >= 15 is 0 Å². The van der Waals surface area contributed by atoms with Crippen LogP contribution in [-0.2, 0) is 12.0 Å². The predicted molar refractivity (Wildman–Crippen MR) is 97.7 cm³/mol. The van der Waals surface area contributed by atoms with E-state index < -0.39 is 0 Å². The van der Waals surface area contributed by atoms with Gasteiger partial charge in [-0.05, 0) is 48.2 Å². The van der Waals surface area contributed by atoms with E-state index in [0.717, 1.165) is 43.0 Å². The number of methoxy groups -OCH3 is 1. The lowest BCUT2D eigenvalue weighted by Crippen LogP contribution is -2.26. The molecule has 3 rings (SSSR count). The van der Waals surface area contributed by atoms with Crippen molar-refractivity contribution in [3.63, 3.8) is 0 Å². The Morgan fingerprint density at radius 1 is 1.16 bits per heavy atom.